The maximum Gasteiger partial charge on any atom is 0.522 e. The minimum absolute atomic E-state index is 0.0665. The molecular weight excluding hydrogens is 391 g/mol. The van der Waals surface area contributed by atoms with Crippen LogP contribution in [0.4, 0.5) is 0 Å². The highest BCUT2D eigenvalue weighted by atomic mass is 16.5. The third-order valence-corrected chi connectivity index (χ3v) is 5.23. The van der Waals surface area contributed by atoms with Gasteiger partial charge < -0.3 is 34.7 Å². The number of carbonyl (C=O) groups is 2. The van der Waals surface area contributed by atoms with E-state index in [2.05, 4.69) is 4.98 Å². The Balaban J connectivity index is 1.37. The van der Waals surface area contributed by atoms with Gasteiger partial charge in [0.1, 0.15) is 23.2 Å². The summed E-state index contributed by atoms with van der Waals surface area (Å²) in [7, 11) is -1.03. The van der Waals surface area contributed by atoms with E-state index in [9.17, 15) is 19.7 Å². The molecule has 4 rings (SSSR count). The van der Waals surface area contributed by atoms with E-state index in [-0.39, 0.29) is 35.5 Å². The summed E-state index contributed by atoms with van der Waals surface area (Å²) >= 11 is 0. The molecule has 0 saturated carbocycles. The first kappa shape index (κ1) is 20.2. The molecule has 1 amide bonds. The number of benzene rings is 1. The summed E-state index contributed by atoms with van der Waals surface area (Å²) in [5, 5.41) is 19.4. The summed E-state index contributed by atoms with van der Waals surface area (Å²) in [4.78, 5) is 30.1. The Kier molecular flexibility index (Phi) is 5.64. The van der Waals surface area contributed by atoms with Crippen molar-refractivity contribution in [2.45, 2.75) is 31.8 Å². The van der Waals surface area contributed by atoms with Crippen LogP contribution in [0.5, 0.6) is 11.5 Å². The number of aromatic carboxylic acids is 1. The molecule has 0 atom stereocenters. The minimum Gasteiger partial charge on any atom is -0.535 e. The Morgan fingerprint density at radius 1 is 1.37 bits per heavy atom. The Labute approximate surface area is 173 Å². The molecule has 0 bridgehead atoms. The van der Waals surface area contributed by atoms with Crippen LogP contribution >= 0.6 is 0 Å². The number of aryl methyl sites for hydroxylation is 1. The van der Waals surface area contributed by atoms with Gasteiger partial charge in [-0.25, -0.2) is 9.78 Å². The zero-order valence-electron chi connectivity index (χ0n) is 16.4. The highest BCUT2D eigenvalue weighted by Gasteiger charge is 2.35. The van der Waals surface area contributed by atoms with Crippen molar-refractivity contribution in [3.63, 3.8) is 0 Å². The SMILES string of the molecule is NCCn1cnc(CC(=O)N2CC(Oc3ccc4c(c3C(=O)O)OB(O)CC4)C2)c1. The molecule has 1 fully saturated rings. The van der Waals surface area contributed by atoms with Gasteiger partial charge in [0.05, 0.1) is 31.5 Å². The normalized spacial score (nSPS) is 15.9. The second kappa shape index (κ2) is 8.37. The van der Waals surface area contributed by atoms with Crippen LogP contribution in [0.3, 0.4) is 0 Å². The van der Waals surface area contributed by atoms with Gasteiger partial charge in [-0.15, -0.1) is 0 Å². The van der Waals surface area contributed by atoms with Crippen molar-refractivity contribution >= 4 is 19.0 Å². The number of carboxylic acid groups (broad SMARTS) is 1. The smallest absolute Gasteiger partial charge is 0.522 e. The third-order valence-electron chi connectivity index (χ3n) is 5.23. The zero-order valence-corrected chi connectivity index (χ0v) is 16.4. The Hall–Kier alpha value is -3.05. The van der Waals surface area contributed by atoms with Crippen LogP contribution in [0.2, 0.25) is 6.32 Å². The fourth-order valence-electron chi connectivity index (χ4n) is 3.65. The number of amides is 1. The predicted molar refractivity (Wildman–Crippen MR) is 106 cm³/mol. The van der Waals surface area contributed by atoms with Gasteiger partial charge in [-0.1, -0.05) is 6.07 Å². The van der Waals surface area contributed by atoms with Gasteiger partial charge in [0, 0.05) is 19.3 Å². The Morgan fingerprint density at radius 3 is 2.90 bits per heavy atom. The number of aromatic nitrogens is 2. The monoisotopic (exact) mass is 414 g/mol. The first-order valence-electron chi connectivity index (χ1n) is 9.83. The molecule has 10 nitrogen and oxygen atoms in total. The van der Waals surface area contributed by atoms with E-state index in [1.54, 1.807) is 29.6 Å². The van der Waals surface area contributed by atoms with E-state index < -0.39 is 13.1 Å². The van der Waals surface area contributed by atoms with E-state index in [4.69, 9.17) is 15.1 Å². The number of rotatable bonds is 7. The molecule has 1 aromatic carbocycles. The molecule has 158 valence electrons. The van der Waals surface area contributed by atoms with E-state index in [0.717, 1.165) is 5.56 Å². The summed E-state index contributed by atoms with van der Waals surface area (Å²) in [6.07, 6.45) is 4.28. The average Bonchev–Trinajstić information content (AvgIpc) is 3.10. The molecule has 0 aliphatic carbocycles. The van der Waals surface area contributed by atoms with Gasteiger partial charge in [0.25, 0.3) is 0 Å². The molecule has 0 unspecified atom stereocenters. The van der Waals surface area contributed by atoms with Gasteiger partial charge in [0.15, 0.2) is 0 Å². The predicted octanol–water partition coefficient (Wildman–Crippen LogP) is -0.212. The lowest BCUT2D eigenvalue weighted by molar-refractivity contribution is -0.139. The lowest BCUT2D eigenvalue weighted by Crippen LogP contribution is -2.56. The Morgan fingerprint density at radius 2 is 2.17 bits per heavy atom. The highest BCUT2D eigenvalue weighted by molar-refractivity contribution is 6.44. The van der Waals surface area contributed by atoms with Gasteiger partial charge in [-0.2, -0.15) is 0 Å². The fourth-order valence-corrected chi connectivity index (χ4v) is 3.65. The number of hydrogen-bond acceptors (Lipinski definition) is 7. The summed E-state index contributed by atoms with van der Waals surface area (Å²) in [6.45, 7) is 1.87. The highest BCUT2D eigenvalue weighted by Crippen LogP contribution is 2.37. The number of fused-ring (bicyclic) bond motifs is 1. The second-order valence-electron chi connectivity index (χ2n) is 7.45. The number of carboxylic acids is 1. The van der Waals surface area contributed by atoms with Crippen LogP contribution in [-0.4, -0.2) is 69.3 Å². The second-order valence-corrected chi connectivity index (χ2v) is 7.45. The van der Waals surface area contributed by atoms with Crippen molar-refractivity contribution in [1.82, 2.24) is 14.5 Å². The molecule has 0 radical (unpaired) electrons. The molecule has 3 heterocycles. The molecule has 2 aliphatic rings. The molecule has 4 N–H and O–H groups in total. The van der Waals surface area contributed by atoms with Crippen molar-refractivity contribution < 1.29 is 29.1 Å². The molecule has 2 aromatic rings. The third kappa shape index (κ3) is 4.12. The number of nitrogens with zero attached hydrogens (tertiary/aromatic N) is 3. The molecule has 30 heavy (non-hydrogen) atoms. The van der Waals surface area contributed by atoms with Crippen molar-refractivity contribution in [1.29, 1.82) is 0 Å². The number of ether oxygens (including phenoxy) is 1. The largest absolute Gasteiger partial charge is 0.535 e. The van der Waals surface area contributed by atoms with Crippen LogP contribution in [-0.2, 0) is 24.2 Å². The van der Waals surface area contributed by atoms with Crippen LogP contribution in [0.15, 0.2) is 24.7 Å². The van der Waals surface area contributed by atoms with Crippen LogP contribution in [0.1, 0.15) is 21.6 Å². The summed E-state index contributed by atoms with van der Waals surface area (Å²) in [6, 6.07) is 3.36. The topological polar surface area (TPSA) is 140 Å². The average molecular weight is 414 g/mol. The van der Waals surface area contributed by atoms with Gasteiger partial charge in [0.2, 0.25) is 5.91 Å². The van der Waals surface area contributed by atoms with Crippen molar-refractivity contribution in [2.24, 2.45) is 5.73 Å². The summed E-state index contributed by atoms with van der Waals surface area (Å²) < 4.78 is 13.0. The van der Waals surface area contributed by atoms with E-state index in [1.165, 1.54) is 0 Å². The van der Waals surface area contributed by atoms with Crippen LogP contribution in [0.25, 0.3) is 0 Å². The van der Waals surface area contributed by atoms with Gasteiger partial charge >= 0.3 is 13.1 Å². The maximum atomic E-state index is 12.4. The zero-order chi connectivity index (χ0) is 21.3. The van der Waals surface area contributed by atoms with Gasteiger partial charge in [-0.05, 0) is 24.4 Å². The minimum atomic E-state index is -1.18. The molecule has 2 aliphatic heterocycles. The number of imidazole rings is 1. The number of carbonyl (C=O) groups excluding carboxylic acids is 1. The van der Waals surface area contributed by atoms with E-state index in [1.807, 2.05) is 4.57 Å². The molecule has 1 saturated heterocycles. The van der Waals surface area contributed by atoms with Crippen molar-refractivity contribution in [3.8, 4) is 11.5 Å². The maximum absolute atomic E-state index is 12.4. The van der Waals surface area contributed by atoms with Crippen molar-refractivity contribution in [2.75, 3.05) is 19.6 Å². The molecule has 1 aromatic heterocycles. The van der Waals surface area contributed by atoms with Crippen LogP contribution < -0.4 is 15.1 Å². The van der Waals surface area contributed by atoms with Crippen molar-refractivity contribution in [3.05, 3.63) is 41.5 Å². The summed E-state index contributed by atoms with van der Waals surface area (Å²) in [5.74, 6) is -0.925. The first-order chi connectivity index (χ1) is 14.4. The standard InChI is InChI=1S/C19H23BN4O6/c21-5-6-23-8-13(22-11-23)7-16(25)24-9-14(10-24)29-15-2-1-12-3-4-20(28)30-18(12)17(15)19(26)27/h1-2,8,11,14,28H,3-7,9-10,21H2,(H,26,27). The Bertz CT molecular complexity index is 958. The van der Waals surface area contributed by atoms with E-state index in [0.29, 0.717) is 44.6 Å². The fraction of sp³-hybridized carbons (Fsp3) is 0.421. The van der Waals surface area contributed by atoms with Gasteiger partial charge in [-0.3, -0.25) is 4.79 Å². The quantitative estimate of drug-likeness (QED) is 0.529. The van der Waals surface area contributed by atoms with E-state index >= 15 is 0 Å². The lowest BCUT2D eigenvalue weighted by atomic mass is 9.78. The molecule has 11 heteroatoms. The first-order valence-corrected chi connectivity index (χ1v) is 9.83. The number of hydrogen-bond donors (Lipinski definition) is 3. The molecular formula is C19H23BN4O6. The number of nitrogens with two attached hydrogens (primary N) is 1. The summed E-state index contributed by atoms with van der Waals surface area (Å²) in [5.41, 5.74) is 6.82. The molecule has 0 spiro atoms. The number of likely N-dealkylation sites (tertiary alicyclic amines) is 1. The van der Waals surface area contributed by atoms with Crippen LogP contribution in [0, 0.1) is 0 Å². The lowest BCUT2D eigenvalue weighted by Gasteiger charge is -2.39.